The normalized spacial score (nSPS) is 13.8. The Kier molecular flexibility index (Phi) is 2.75. The molecule has 0 fully saturated rings. The summed E-state index contributed by atoms with van der Waals surface area (Å²) >= 11 is 0. The van der Waals surface area contributed by atoms with Crippen LogP contribution < -0.4 is 0 Å². The van der Waals surface area contributed by atoms with E-state index in [1.807, 2.05) is 12.1 Å². The number of ether oxygens (including phenoxy) is 1. The van der Waals surface area contributed by atoms with E-state index in [0.29, 0.717) is 16.5 Å². The zero-order valence-electron chi connectivity index (χ0n) is 10.8. The highest BCUT2D eigenvalue weighted by molar-refractivity contribution is 6.26. The monoisotopic (exact) mass is 269 g/mol. The van der Waals surface area contributed by atoms with Crippen molar-refractivity contribution in [2.45, 2.75) is 0 Å². The number of imide groups is 1. The van der Waals surface area contributed by atoms with Crippen LogP contribution in [0.1, 0.15) is 20.7 Å². The lowest BCUT2D eigenvalue weighted by Crippen LogP contribution is -2.43. The molecule has 0 radical (unpaired) electrons. The van der Waals surface area contributed by atoms with Gasteiger partial charge in [0.2, 0.25) is 0 Å². The minimum absolute atomic E-state index is 0.376. The van der Waals surface area contributed by atoms with Gasteiger partial charge in [-0.1, -0.05) is 24.3 Å². The van der Waals surface area contributed by atoms with Crippen LogP contribution in [0.25, 0.3) is 10.8 Å². The summed E-state index contributed by atoms with van der Waals surface area (Å²) in [5, 5.41) is 1.48. The minimum atomic E-state index is -0.627. The molecule has 0 saturated heterocycles. The zero-order chi connectivity index (χ0) is 14.3. The van der Waals surface area contributed by atoms with Crippen molar-refractivity contribution in [1.29, 1.82) is 0 Å². The Morgan fingerprint density at radius 1 is 1.05 bits per heavy atom. The molecule has 2 aromatic carbocycles. The third-order valence-electron chi connectivity index (χ3n) is 3.37. The molecule has 3 rings (SSSR count). The highest BCUT2D eigenvalue weighted by Crippen LogP contribution is 2.29. The van der Waals surface area contributed by atoms with E-state index in [1.165, 1.54) is 7.11 Å². The van der Waals surface area contributed by atoms with Crippen molar-refractivity contribution in [3.63, 3.8) is 0 Å². The summed E-state index contributed by atoms with van der Waals surface area (Å²) < 4.78 is 4.53. The number of hydrogen-bond donors (Lipinski definition) is 0. The molecule has 5 nitrogen and oxygen atoms in total. The van der Waals surface area contributed by atoms with E-state index >= 15 is 0 Å². The summed E-state index contributed by atoms with van der Waals surface area (Å²) in [5.41, 5.74) is 0.864. The topological polar surface area (TPSA) is 63.7 Å². The van der Waals surface area contributed by atoms with Crippen LogP contribution in [0.15, 0.2) is 36.4 Å². The first-order chi connectivity index (χ1) is 9.63. The Balaban J connectivity index is 2.19. The van der Waals surface area contributed by atoms with E-state index in [1.54, 1.807) is 24.3 Å². The molecule has 2 aromatic rings. The van der Waals surface area contributed by atoms with E-state index in [4.69, 9.17) is 0 Å². The van der Waals surface area contributed by atoms with Crippen LogP contribution in [-0.2, 0) is 9.53 Å². The number of carbonyl (C=O) groups excluding carboxylic acids is 3. The average Bonchev–Trinajstić information content (AvgIpc) is 2.48. The molecule has 100 valence electrons. The molecule has 0 saturated carbocycles. The Bertz CT molecular complexity index is 700. The second-order valence-electron chi connectivity index (χ2n) is 4.48. The molecule has 1 heterocycles. The average molecular weight is 269 g/mol. The number of hydrogen-bond acceptors (Lipinski definition) is 4. The number of nitrogens with zero attached hydrogens (tertiary/aromatic N) is 1. The molecule has 0 unspecified atom stereocenters. The number of carbonyl (C=O) groups is 3. The van der Waals surface area contributed by atoms with Gasteiger partial charge in [0.15, 0.2) is 0 Å². The van der Waals surface area contributed by atoms with E-state index in [2.05, 4.69) is 4.74 Å². The first-order valence-corrected chi connectivity index (χ1v) is 6.08. The maximum atomic E-state index is 12.4. The van der Waals surface area contributed by atoms with Gasteiger partial charge in [-0.25, -0.2) is 0 Å². The standard InChI is InChI=1S/C15H11NO4/c1-20-12(17)8-16-14(18)10-6-2-4-9-5-3-7-11(13(9)10)15(16)19/h2-7H,8H2,1H3. The molecule has 0 spiro atoms. The van der Waals surface area contributed by atoms with Crippen LogP contribution in [-0.4, -0.2) is 36.3 Å². The fourth-order valence-corrected chi connectivity index (χ4v) is 2.42. The fraction of sp³-hybridized carbons (Fsp3) is 0.133. The van der Waals surface area contributed by atoms with Crippen molar-refractivity contribution >= 4 is 28.6 Å². The van der Waals surface area contributed by atoms with Crippen molar-refractivity contribution in [1.82, 2.24) is 4.90 Å². The summed E-state index contributed by atoms with van der Waals surface area (Å²) in [5.74, 6) is -1.56. The summed E-state index contributed by atoms with van der Waals surface area (Å²) in [4.78, 5) is 37.0. The molecule has 0 aliphatic carbocycles. The molecule has 0 atom stereocenters. The third kappa shape index (κ3) is 1.67. The van der Waals surface area contributed by atoms with Gasteiger partial charge in [0.05, 0.1) is 7.11 Å². The minimum Gasteiger partial charge on any atom is -0.468 e. The largest absolute Gasteiger partial charge is 0.468 e. The second-order valence-corrected chi connectivity index (χ2v) is 4.48. The molecule has 0 N–H and O–H groups in total. The summed E-state index contributed by atoms with van der Waals surface area (Å²) in [6, 6.07) is 10.5. The number of methoxy groups -OCH3 is 1. The Morgan fingerprint density at radius 2 is 1.60 bits per heavy atom. The lowest BCUT2D eigenvalue weighted by Gasteiger charge is -2.26. The molecule has 1 aliphatic rings. The van der Waals surface area contributed by atoms with Gasteiger partial charge in [-0.05, 0) is 17.5 Å². The molecule has 0 aromatic heterocycles. The van der Waals surface area contributed by atoms with Crippen LogP contribution in [0.4, 0.5) is 0 Å². The van der Waals surface area contributed by atoms with E-state index < -0.39 is 17.8 Å². The fourth-order valence-electron chi connectivity index (χ4n) is 2.42. The van der Waals surface area contributed by atoms with E-state index in [9.17, 15) is 14.4 Å². The van der Waals surface area contributed by atoms with Crippen molar-refractivity contribution < 1.29 is 19.1 Å². The molecule has 1 aliphatic heterocycles. The summed E-state index contributed by atoms with van der Waals surface area (Å²) in [6.07, 6.45) is 0. The smallest absolute Gasteiger partial charge is 0.325 e. The first-order valence-electron chi connectivity index (χ1n) is 6.08. The van der Waals surface area contributed by atoms with Crippen LogP contribution >= 0.6 is 0 Å². The second kappa shape index (κ2) is 4.45. The van der Waals surface area contributed by atoms with Gasteiger partial charge in [0, 0.05) is 16.5 Å². The van der Waals surface area contributed by atoms with Gasteiger partial charge in [-0.2, -0.15) is 0 Å². The van der Waals surface area contributed by atoms with Gasteiger partial charge >= 0.3 is 5.97 Å². The predicted octanol–water partition coefficient (Wildman–Crippen LogP) is 1.61. The number of esters is 1. The Morgan fingerprint density at radius 3 is 2.10 bits per heavy atom. The van der Waals surface area contributed by atoms with Crippen LogP contribution in [0.5, 0.6) is 0 Å². The van der Waals surface area contributed by atoms with E-state index in [-0.39, 0.29) is 6.54 Å². The molecule has 0 bridgehead atoms. The van der Waals surface area contributed by atoms with Gasteiger partial charge in [-0.3, -0.25) is 19.3 Å². The third-order valence-corrected chi connectivity index (χ3v) is 3.37. The van der Waals surface area contributed by atoms with Crippen molar-refractivity contribution in [3.8, 4) is 0 Å². The number of amides is 2. The Labute approximate surface area is 114 Å². The summed E-state index contributed by atoms with van der Waals surface area (Å²) in [7, 11) is 1.22. The maximum Gasteiger partial charge on any atom is 0.325 e. The number of rotatable bonds is 2. The van der Waals surface area contributed by atoms with Crippen LogP contribution in [0.3, 0.4) is 0 Å². The summed E-state index contributed by atoms with van der Waals surface area (Å²) in [6.45, 7) is -0.376. The van der Waals surface area contributed by atoms with Crippen molar-refractivity contribution in [3.05, 3.63) is 47.5 Å². The highest BCUT2D eigenvalue weighted by Gasteiger charge is 2.33. The quantitative estimate of drug-likeness (QED) is 0.613. The predicted molar refractivity (Wildman–Crippen MR) is 71.3 cm³/mol. The van der Waals surface area contributed by atoms with Gasteiger partial charge in [0.25, 0.3) is 11.8 Å². The van der Waals surface area contributed by atoms with Crippen LogP contribution in [0.2, 0.25) is 0 Å². The van der Waals surface area contributed by atoms with Gasteiger partial charge in [0.1, 0.15) is 6.54 Å². The zero-order valence-corrected chi connectivity index (χ0v) is 10.8. The molecule has 5 heteroatoms. The lowest BCUT2D eigenvalue weighted by atomic mass is 9.94. The maximum absolute atomic E-state index is 12.4. The van der Waals surface area contributed by atoms with Gasteiger partial charge in [-0.15, -0.1) is 0 Å². The van der Waals surface area contributed by atoms with E-state index in [0.717, 1.165) is 10.3 Å². The van der Waals surface area contributed by atoms with Gasteiger partial charge < -0.3 is 4.74 Å². The highest BCUT2D eigenvalue weighted by atomic mass is 16.5. The van der Waals surface area contributed by atoms with Crippen molar-refractivity contribution in [2.75, 3.05) is 13.7 Å². The Hall–Kier alpha value is -2.69. The number of benzene rings is 2. The van der Waals surface area contributed by atoms with Crippen molar-refractivity contribution in [2.24, 2.45) is 0 Å². The molecule has 20 heavy (non-hydrogen) atoms. The molecular weight excluding hydrogens is 258 g/mol. The van der Waals surface area contributed by atoms with Crippen LogP contribution in [0, 0.1) is 0 Å². The molecular formula is C15H11NO4. The SMILES string of the molecule is COC(=O)CN1C(=O)c2cccc3cccc(c23)C1=O. The molecule has 2 amide bonds. The lowest BCUT2D eigenvalue weighted by molar-refractivity contribution is -0.140. The first kappa shape index (κ1) is 12.3.